The van der Waals surface area contributed by atoms with Crippen molar-refractivity contribution >= 4 is 9.84 Å². The largest absolute Gasteiger partial charge is 0.302 e. The van der Waals surface area contributed by atoms with Crippen molar-refractivity contribution in [3.8, 4) is 0 Å². The third-order valence-electron chi connectivity index (χ3n) is 4.82. The lowest BCUT2D eigenvalue weighted by Gasteiger charge is -2.32. The Hall–Kier alpha value is -1.66. The zero-order chi connectivity index (χ0) is 17.2. The molecule has 1 aromatic carbocycles. The van der Waals surface area contributed by atoms with Crippen molar-refractivity contribution in [3.63, 3.8) is 0 Å². The molecule has 1 atom stereocenters. The molecular weight excluding hydrogens is 322 g/mol. The van der Waals surface area contributed by atoms with Gasteiger partial charge in [-0.25, -0.2) is 8.42 Å². The molecular formula is C18H25N3O2S. The number of likely N-dealkylation sites (tertiary alicyclic amines) is 1. The van der Waals surface area contributed by atoms with E-state index in [4.69, 9.17) is 0 Å². The molecule has 0 spiro atoms. The van der Waals surface area contributed by atoms with E-state index in [0.29, 0.717) is 17.4 Å². The van der Waals surface area contributed by atoms with E-state index in [1.54, 1.807) is 12.3 Å². The lowest BCUT2D eigenvalue weighted by atomic mass is 9.95. The summed E-state index contributed by atoms with van der Waals surface area (Å²) in [6, 6.07) is 7.64. The van der Waals surface area contributed by atoms with Gasteiger partial charge < -0.3 is 4.90 Å². The number of H-pyrrole nitrogens is 1. The highest BCUT2D eigenvalue weighted by atomic mass is 32.2. The normalized spacial score (nSPS) is 19.5. The first-order valence-corrected chi connectivity index (χ1v) is 10.1. The molecule has 0 amide bonds. The molecule has 0 radical (unpaired) electrons. The quantitative estimate of drug-likeness (QED) is 0.903. The van der Waals surface area contributed by atoms with Crippen LogP contribution in [0.4, 0.5) is 0 Å². The van der Waals surface area contributed by atoms with Gasteiger partial charge >= 0.3 is 0 Å². The maximum atomic E-state index is 12.7. The number of aromatic nitrogens is 2. The number of aryl methyl sites for hydroxylation is 2. The summed E-state index contributed by atoms with van der Waals surface area (Å²) in [7, 11) is -3.25. The Labute approximate surface area is 144 Å². The number of hydrogen-bond donors (Lipinski definition) is 1. The molecule has 24 heavy (non-hydrogen) atoms. The van der Waals surface area contributed by atoms with Crippen molar-refractivity contribution in [2.45, 2.75) is 37.5 Å². The first kappa shape index (κ1) is 17.2. The van der Waals surface area contributed by atoms with Crippen LogP contribution in [0.3, 0.4) is 0 Å². The van der Waals surface area contributed by atoms with Crippen LogP contribution in [0.2, 0.25) is 0 Å². The van der Waals surface area contributed by atoms with Gasteiger partial charge in [-0.05, 0) is 56.5 Å². The second-order valence-corrected chi connectivity index (χ2v) is 8.82. The van der Waals surface area contributed by atoms with Crippen molar-refractivity contribution in [2.24, 2.45) is 0 Å². The number of aromatic amines is 1. The minimum absolute atomic E-state index is 0.174. The van der Waals surface area contributed by atoms with E-state index in [1.165, 1.54) is 0 Å². The number of benzene rings is 1. The van der Waals surface area contributed by atoms with E-state index in [2.05, 4.69) is 15.1 Å². The molecule has 1 fully saturated rings. The Morgan fingerprint density at radius 2 is 2.12 bits per heavy atom. The summed E-state index contributed by atoms with van der Waals surface area (Å²) in [6.07, 6.45) is 3.99. The lowest BCUT2D eigenvalue weighted by Crippen LogP contribution is -2.37. The minimum Gasteiger partial charge on any atom is -0.302 e. The molecule has 0 saturated carbocycles. The molecule has 0 unspecified atom stereocenters. The molecule has 130 valence electrons. The van der Waals surface area contributed by atoms with Crippen LogP contribution < -0.4 is 0 Å². The van der Waals surface area contributed by atoms with Crippen LogP contribution in [0.1, 0.15) is 35.6 Å². The summed E-state index contributed by atoms with van der Waals surface area (Å²) in [5.41, 5.74) is 2.96. The number of piperidine rings is 1. The zero-order valence-electron chi connectivity index (χ0n) is 14.3. The predicted octanol–water partition coefficient (Wildman–Crippen LogP) is 2.68. The molecule has 2 aromatic rings. The van der Waals surface area contributed by atoms with Gasteiger partial charge in [-0.15, -0.1) is 0 Å². The van der Waals surface area contributed by atoms with E-state index >= 15 is 0 Å². The maximum Gasteiger partial charge on any atom is 0.179 e. The van der Waals surface area contributed by atoms with Gasteiger partial charge in [0.15, 0.2) is 9.84 Å². The first-order valence-electron chi connectivity index (χ1n) is 8.47. The van der Waals surface area contributed by atoms with Crippen LogP contribution in [0.25, 0.3) is 0 Å². The molecule has 6 heteroatoms. The van der Waals surface area contributed by atoms with E-state index < -0.39 is 9.84 Å². The first-order chi connectivity index (χ1) is 11.5. The van der Waals surface area contributed by atoms with Gasteiger partial charge in [0.1, 0.15) is 0 Å². The fourth-order valence-electron chi connectivity index (χ4n) is 3.41. The van der Waals surface area contributed by atoms with E-state index in [-0.39, 0.29) is 5.75 Å². The summed E-state index contributed by atoms with van der Waals surface area (Å²) < 4.78 is 25.4. The number of rotatable bonds is 5. The smallest absolute Gasteiger partial charge is 0.179 e. The van der Waals surface area contributed by atoms with Crippen molar-refractivity contribution < 1.29 is 8.42 Å². The summed E-state index contributed by atoms with van der Waals surface area (Å²) >= 11 is 0. The molecule has 5 nitrogen and oxygen atoms in total. The lowest BCUT2D eigenvalue weighted by molar-refractivity contribution is 0.217. The van der Waals surface area contributed by atoms with Gasteiger partial charge in [0, 0.05) is 30.9 Å². The fourth-order valence-corrected chi connectivity index (χ4v) is 5.05. The van der Waals surface area contributed by atoms with Gasteiger partial charge in [0.2, 0.25) is 0 Å². The van der Waals surface area contributed by atoms with Crippen LogP contribution in [-0.2, 0) is 9.84 Å². The molecule has 1 aromatic heterocycles. The highest BCUT2D eigenvalue weighted by Crippen LogP contribution is 2.25. The Kier molecular flexibility index (Phi) is 5.06. The van der Waals surface area contributed by atoms with Crippen molar-refractivity contribution in [1.29, 1.82) is 0 Å². The highest BCUT2D eigenvalue weighted by molar-refractivity contribution is 7.91. The minimum atomic E-state index is -3.25. The second-order valence-electron chi connectivity index (χ2n) is 6.74. The standard InChI is InChI=1S/C18H25N3O2S/c1-14-5-6-15(2)18(12-14)24(22,23)11-10-21-9-3-4-16(13-21)17-7-8-19-20-17/h5-8,12,16H,3-4,9-11,13H2,1-2H3,(H,19,20)/t16-/m1/s1. The Morgan fingerprint density at radius 1 is 1.29 bits per heavy atom. The topological polar surface area (TPSA) is 66.1 Å². The Morgan fingerprint density at radius 3 is 2.88 bits per heavy atom. The molecule has 0 aliphatic carbocycles. The fraction of sp³-hybridized carbons (Fsp3) is 0.500. The summed E-state index contributed by atoms with van der Waals surface area (Å²) in [5, 5.41) is 7.07. The number of nitrogens with zero attached hydrogens (tertiary/aromatic N) is 2. The van der Waals surface area contributed by atoms with E-state index in [0.717, 1.165) is 42.8 Å². The molecule has 2 heterocycles. The van der Waals surface area contributed by atoms with Crippen LogP contribution >= 0.6 is 0 Å². The maximum absolute atomic E-state index is 12.7. The summed E-state index contributed by atoms with van der Waals surface area (Å²) in [5.74, 6) is 0.595. The van der Waals surface area contributed by atoms with Gasteiger partial charge in [-0.3, -0.25) is 5.10 Å². The van der Waals surface area contributed by atoms with Crippen LogP contribution in [0.15, 0.2) is 35.4 Å². The highest BCUT2D eigenvalue weighted by Gasteiger charge is 2.24. The number of sulfone groups is 1. The van der Waals surface area contributed by atoms with Crippen LogP contribution in [-0.4, -0.2) is 48.9 Å². The van der Waals surface area contributed by atoms with Crippen molar-refractivity contribution in [1.82, 2.24) is 15.1 Å². The SMILES string of the molecule is Cc1ccc(C)c(S(=O)(=O)CCN2CCC[C@@H](c3ccn[nH]3)C2)c1. The van der Waals surface area contributed by atoms with E-state index in [1.807, 2.05) is 32.0 Å². The Balaban J connectivity index is 1.65. The van der Waals surface area contributed by atoms with Crippen molar-refractivity contribution in [2.75, 3.05) is 25.4 Å². The second kappa shape index (κ2) is 7.07. The molecule has 1 aliphatic rings. The summed E-state index contributed by atoms with van der Waals surface area (Å²) in [4.78, 5) is 2.74. The molecule has 0 bridgehead atoms. The third-order valence-corrected chi connectivity index (χ3v) is 6.65. The summed E-state index contributed by atoms with van der Waals surface area (Å²) in [6.45, 7) is 6.23. The molecule has 1 N–H and O–H groups in total. The monoisotopic (exact) mass is 347 g/mol. The Bertz CT molecular complexity index is 785. The van der Waals surface area contributed by atoms with Crippen LogP contribution in [0, 0.1) is 13.8 Å². The average molecular weight is 347 g/mol. The molecule has 1 aliphatic heterocycles. The third kappa shape index (κ3) is 3.87. The van der Waals surface area contributed by atoms with Crippen LogP contribution in [0.5, 0.6) is 0 Å². The zero-order valence-corrected chi connectivity index (χ0v) is 15.1. The van der Waals surface area contributed by atoms with Gasteiger partial charge in [0.25, 0.3) is 0 Å². The average Bonchev–Trinajstić information content (AvgIpc) is 3.10. The van der Waals surface area contributed by atoms with E-state index in [9.17, 15) is 8.42 Å². The van der Waals surface area contributed by atoms with Gasteiger partial charge in [-0.1, -0.05) is 12.1 Å². The number of nitrogens with one attached hydrogen (secondary N) is 1. The molecule has 3 rings (SSSR count). The van der Waals surface area contributed by atoms with Crippen molar-refractivity contribution in [3.05, 3.63) is 47.3 Å². The van der Waals surface area contributed by atoms with Gasteiger partial charge in [0.05, 0.1) is 10.6 Å². The molecule has 1 saturated heterocycles. The number of hydrogen-bond acceptors (Lipinski definition) is 4. The van der Waals surface area contributed by atoms with Gasteiger partial charge in [-0.2, -0.15) is 5.10 Å². The predicted molar refractivity (Wildman–Crippen MR) is 95.0 cm³/mol.